The van der Waals surface area contributed by atoms with E-state index in [-0.39, 0.29) is 11.2 Å². The van der Waals surface area contributed by atoms with Crippen LogP contribution in [-0.4, -0.2) is 22.5 Å². The number of aryl methyl sites for hydroxylation is 1. The van der Waals surface area contributed by atoms with Gasteiger partial charge in [-0.2, -0.15) is 5.10 Å². The third-order valence-electron chi connectivity index (χ3n) is 3.54. The zero-order chi connectivity index (χ0) is 16.9. The summed E-state index contributed by atoms with van der Waals surface area (Å²) in [6.45, 7) is 2.05. The Balaban J connectivity index is 1.61. The van der Waals surface area contributed by atoms with Crippen LogP contribution in [0.3, 0.4) is 0 Å². The summed E-state index contributed by atoms with van der Waals surface area (Å²) in [6.07, 6.45) is 2.31. The quantitative estimate of drug-likeness (QED) is 0.668. The monoisotopic (exact) mass is 357 g/mol. The molecule has 0 aliphatic carbocycles. The molecule has 0 unspecified atom stereocenters. The number of nitrogens with one attached hydrogen (secondary N) is 1. The molecule has 2 aromatic rings. The number of rotatable bonds is 4. The van der Waals surface area contributed by atoms with Crippen LogP contribution in [-0.2, 0) is 11.2 Å². The van der Waals surface area contributed by atoms with E-state index >= 15 is 0 Å². The highest BCUT2D eigenvalue weighted by atomic mass is 35.5. The number of halogens is 1. The topological polar surface area (TPSA) is 53.8 Å². The van der Waals surface area contributed by atoms with Gasteiger partial charge in [-0.05, 0) is 36.6 Å². The van der Waals surface area contributed by atoms with Gasteiger partial charge in [0.2, 0.25) is 5.91 Å². The highest BCUT2D eigenvalue weighted by molar-refractivity contribution is 8.15. The van der Waals surface area contributed by atoms with Gasteiger partial charge < -0.3 is 5.32 Å². The number of carbonyl (C=O) groups is 1. The maximum Gasteiger partial charge on any atom is 0.239 e. The van der Waals surface area contributed by atoms with Crippen molar-refractivity contribution in [1.82, 2.24) is 5.32 Å². The summed E-state index contributed by atoms with van der Waals surface area (Å²) in [4.78, 5) is 12.0. The van der Waals surface area contributed by atoms with Crippen LogP contribution < -0.4 is 5.32 Å². The van der Waals surface area contributed by atoms with E-state index in [0.717, 1.165) is 11.1 Å². The van der Waals surface area contributed by atoms with Crippen molar-refractivity contribution < 1.29 is 4.79 Å². The van der Waals surface area contributed by atoms with Crippen LogP contribution in [0.1, 0.15) is 16.7 Å². The van der Waals surface area contributed by atoms with Crippen molar-refractivity contribution in [2.45, 2.75) is 18.6 Å². The molecule has 1 N–H and O–H groups in total. The molecule has 1 aliphatic rings. The van der Waals surface area contributed by atoms with Crippen molar-refractivity contribution >= 4 is 40.7 Å². The second-order valence-electron chi connectivity index (χ2n) is 5.49. The Hall–Kier alpha value is -2.11. The van der Waals surface area contributed by atoms with Gasteiger partial charge >= 0.3 is 0 Å². The first kappa shape index (κ1) is 16.7. The summed E-state index contributed by atoms with van der Waals surface area (Å²) >= 11 is 7.24. The molecule has 0 radical (unpaired) electrons. The van der Waals surface area contributed by atoms with E-state index in [1.165, 1.54) is 17.3 Å². The molecule has 0 saturated carbocycles. The summed E-state index contributed by atoms with van der Waals surface area (Å²) in [5.74, 6) is -0.0268. The first-order valence-corrected chi connectivity index (χ1v) is 8.75. The van der Waals surface area contributed by atoms with Crippen LogP contribution in [0.4, 0.5) is 0 Å². The maximum absolute atomic E-state index is 12.0. The normalized spacial score (nSPS) is 19.2. The minimum atomic E-state index is -0.169. The first-order valence-electron chi connectivity index (χ1n) is 7.50. The average molecular weight is 358 g/mol. The lowest BCUT2D eigenvalue weighted by molar-refractivity contribution is -0.118. The number of carbonyl (C=O) groups excluding carboxylic acids is 1. The van der Waals surface area contributed by atoms with Crippen molar-refractivity contribution in [3.63, 3.8) is 0 Å². The maximum atomic E-state index is 12.0. The molecule has 122 valence electrons. The Bertz CT molecular complexity index is 785. The van der Waals surface area contributed by atoms with Crippen LogP contribution in [0.2, 0.25) is 5.02 Å². The Morgan fingerprint density at radius 1 is 1.17 bits per heavy atom. The number of benzene rings is 2. The van der Waals surface area contributed by atoms with Gasteiger partial charge in [-0.1, -0.05) is 65.3 Å². The zero-order valence-electron chi connectivity index (χ0n) is 13.1. The molecule has 1 fully saturated rings. The van der Waals surface area contributed by atoms with Gasteiger partial charge in [0.25, 0.3) is 0 Å². The number of thioether (sulfide) groups is 1. The molecule has 6 heteroatoms. The lowest BCUT2D eigenvalue weighted by Gasteiger charge is -2.05. The highest BCUT2D eigenvalue weighted by Gasteiger charge is 2.30. The largest absolute Gasteiger partial charge is 0.303 e. The van der Waals surface area contributed by atoms with Crippen molar-refractivity contribution in [2.24, 2.45) is 10.2 Å². The molecule has 3 rings (SSSR count). The SMILES string of the molecule is Cc1ccc(C[C@@H]2S/C(=N/N=C\c3ccc(Cl)cc3)NC2=O)cc1. The van der Waals surface area contributed by atoms with Crippen molar-refractivity contribution in [3.8, 4) is 0 Å². The van der Waals surface area contributed by atoms with E-state index in [4.69, 9.17) is 11.6 Å². The summed E-state index contributed by atoms with van der Waals surface area (Å²) < 4.78 is 0. The molecule has 1 amide bonds. The lowest BCUT2D eigenvalue weighted by atomic mass is 10.1. The van der Waals surface area contributed by atoms with Crippen LogP contribution >= 0.6 is 23.4 Å². The first-order chi connectivity index (χ1) is 11.6. The van der Waals surface area contributed by atoms with Crippen LogP contribution in [0, 0.1) is 6.92 Å². The van der Waals surface area contributed by atoms with Gasteiger partial charge in [-0.25, -0.2) is 0 Å². The zero-order valence-corrected chi connectivity index (χ0v) is 14.6. The minimum absolute atomic E-state index is 0.0268. The Labute approximate surface area is 150 Å². The Morgan fingerprint density at radius 3 is 2.58 bits per heavy atom. The molecule has 1 heterocycles. The van der Waals surface area contributed by atoms with E-state index in [1.807, 2.05) is 19.1 Å². The fourth-order valence-corrected chi connectivity index (χ4v) is 3.31. The van der Waals surface area contributed by atoms with E-state index in [9.17, 15) is 4.79 Å². The summed E-state index contributed by atoms with van der Waals surface area (Å²) in [5, 5.41) is 11.9. The van der Waals surface area contributed by atoms with Gasteiger partial charge in [-0.15, -0.1) is 5.10 Å². The molecular formula is C18H16ClN3OS. The number of nitrogens with zero attached hydrogens (tertiary/aromatic N) is 2. The number of amides is 1. The second-order valence-corrected chi connectivity index (χ2v) is 7.11. The lowest BCUT2D eigenvalue weighted by Crippen LogP contribution is -2.25. The number of amidine groups is 1. The van der Waals surface area contributed by atoms with Crippen molar-refractivity contribution in [3.05, 3.63) is 70.2 Å². The molecule has 2 aromatic carbocycles. The number of hydrogen-bond donors (Lipinski definition) is 1. The van der Waals surface area contributed by atoms with Gasteiger partial charge in [-0.3, -0.25) is 4.79 Å². The summed E-state index contributed by atoms with van der Waals surface area (Å²) in [7, 11) is 0. The summed E-state index contributed by atoms with van der Waals surface area (Å²) in [5.41, 5.74) is 3.24. The predicted octanol–water partition coefficient (Wildman–Crippen LogP) is 3.81. The average Bonchev–Trinajstić information content (AvgIpc) is 2.91. The smallest absolute Gasteiger partial charge is 0.239 e. The molecule has 1 saturated heterocycles. The fraction of sp³-hybridized carbons (Fsp3) is 0.167. The molecule has 24 heavy (non-hydrogen) atoms. The molecule has 4 nitrogen and oxygen atoms in total. The summed E-state index contributed by atoms with van der Waals surface area (Å²) in [6, 6.07) is 15.5. The third-order valence-corrected chi connectivity index (χ3v) is 4.87. The second kappa shape index (κ2) is 7.64. The molecule has 1 atom stereocenters. The molecule has 0 bridgehead atoms. The van der Waals surface area contributed by atoms with Crippen LogP contribution in [0.25, 0.3) is 0 Å². The van der Waals surface area contributed by atoms with E-state index in [0.29, 0.717) is 16.6 Å². The van der Waals surface area contributed by atoms with Crippen LogP contribution in [0.5, 0.6) is 0 Å². The molecule has 1 aliphatic heterocycles. The van der Waals surface area contributed by atoms with Crippen LogP contribution in [0.15, 0.2) is 58.7 Å². The molecular weight excluding hydrogens is 342 g/mol. The number of hydrogen-bond acceptors (Lipinski definition) is 4. The fourth-order valence-electron chi connectivity index (χ4n) is 2.22. The third kappa shape index (κ3) is 4.46. The Kier molecular flexibility index (Phi) is 5.33. The van der Waals surface area contributed by atoms with E-state index in [1.54, 1.807) is 18.3 Å². The van der Waals surface area contributed by atoms with Gasteiger partial charge in [0.15, 0.2) is 5.17 Å². The standard InChI is InChI=1S/C18H16ClN3OS/c1-12-2-4-13(5-3-12)10-16-17(23)21-18(24-16)22-20-11-14-6-8-15(19)9-7-14/h2-9,11,16H,10H2,1H3,(H,21,22,23)/b20-11-/t16-/m0/s1. The molecule has 0 spiro atoms. The van der Waals surface area contributed by atoms with Crippen molar-refractivity contribution in [2.75, 3.05) is 0 Å². The van der Waals surface area contributed by atoms with E-state index in [2.05, 4.69) is 39.8 Å². The highest BCUT2D eigenvalue weighted by Crippen LogP contribution is 2.23. The van der Waals surface area contributed by atoms with Gasteiger partial charge in [0.05, 0.1) is 11.5 Å². The molecule has 0 aromatic heterocycles. The van der Waals surface area contributed by atoms with E-state index < -0.39 is 0 Å². The van der Waals surface area contributed by atoms with Crippen molar-refractivity contribution in [1.29, 1.82) is 0 Å². The Morgan fingerprint density at radius 2 is 1.88 bits per heavy atom. The van der Waals surface area contributed by atoms with Gasteiger partial charge in [0, 0.05) is 5.02 Å². The van der Waals surface area contributed by atoms with Gasteiger partial charge in [0.1, 0.15) is 0 Å². The minimum Gasteiger partial charge on any atom is -0.303 e. The predicted molar refractivity (Wildman–Crippen MR) is 101 cm³/mol.